The van der Waals surface area contributed by atoms with E-state index in [0.717, 1.165) is 24.9 Å². The Morgan fingerprint density at radius 1 is 1.12 bits per heavy atom. The maximum Gasteiger partial charge on any atom is 0.295 e. The third-order valence-electron chi connectivity index (χ3n) is 6.04. The van der Waals surface area contributed by atoms with Crippen molar-refractivity contribution < 1.29 is 19.4 Å². The van der Waals surface area contributed by atoms with Gasteiger partial charge in [-0.05, 0) is 62.7 Å². The Labute approximate surface area is 202 Å². The van der Waals surface area contributed by atoms with Crippen molar-refractivity contribution in [1.29, 1.82) is 0 Å². The largest absolute Gasteiger partial charge is 0.507 e. The van der Waals surface area contributed by atoms with Gasteiger partial charge in [0.05, 0.1) is 18.2 Å². The van der Waals surface area contributed by atoms with Gasteiger partial charge in [-0.3, -0.25) is 9.59 Å². The number of Topliss-reactive ketones (excluding diaryl/α,β-unsaturated/α-hetero) is 1. The summed E-state index contributed by atoms with van der Waals surface area (Å²) in [6.45, 7) is 8.04. The van der Waals surface area contributed by atoms with E-state index < -0.39 is 17.7 Å². The SMILES string of the molecule is CCCOc1cccc(/C(O)=C2\C(=O)C(=O)N(CCCN(C)C)C2c2ccc(C(C)C)cc2)c1. The van der Waals surface area contributed by atoms with Gasteiger partial charge in [-0.1, -0.05) is 57.2 Å². The van der Waals surface area contributed by atoms with Gasteiger partial charge in [0.1, 0.15) is 11.5 Å². The molecule has 3 rings (SSSR count). The zero-order chi connectivity index (χ0) is 24.8. The van der Waals surface area contributed by atoms with Crippen LogP contribution in [-0.4, -0.2) is 60.4 Å². The van der Waals surface area contributed by atoms with Gasteiger partial charge < -0.3 is 19.6 Å². The molecule has 0 radical (unpaired) electrons. The van der Waals surface area contributed by atoms with Crippen molar-refractivity contribution in [2.75, 3.05) is 33.8 Å². The normalized spacial score (nSPS) is 17.7. The molecular formula is C28H36N2O4. The zero-order valence-corrected chi connectivity index (χ0v) is 20.9. The topological polar surface area (TPSA) is 70.1 Å². The van der Waals surface area contributed by atoms with Gasteiger partial charge >= 0.3 is 0 Å². The van der Waals surface area contributed by atoms with Crippen LogP contribution in [-0.2, 0) is 9.59 Å². The third kappa shape index (κ3) is 5.68. The first-order valence-corrected chi connectivity index (χ1v) is 12.0. The Kier molecular flexibility index (Phi) is 8.51. The van der Waals surface area contributed by atoms with Crippen LogP contribution >= 0.6 is 0 Å². The Morgan fingerprint density at radius 2 is 1.82 bits per heavy atom. The first-order chi connectivity index (χ1) is 16.2. The highest BCUT2D eigenvalue weighted by atomic mass is 16.5. The number of hydrogen-bond acceptors (Lipinski definition) is 5. The minimum atomic E-state index is -0.653. The highest BCUT2D eigenvalue weighted by Gasteiger charge is 2.45. The van der Waals surface area contributed by atoms with Crippen LogP contribution in [0.4, 0.5) is 0 Å². The number of carbonyl (C=O) groups excluding carboxylic acids is 2. The van der Waals surface area contributed by atoms with Crippen molar-refractivity contribution in [1.82, 2.24) is 9.80 Å². The minimum absolute atomic E-state index is 0.125. The smallest absolute Gasteiger partial charge is 0.295 e. The first kappa shape index (κ1) is 25.5. The number of aliphatic hydroxyl groups excluding tert-OH is 1. The molecule has 1 heterocycles. The standard InChI is InChI=1S/C28H36N2O4/c1-6-17-34-23-10-7-9-22(18-23)26(31)24-25(21-13-11-20(12-14-21)19(2)3)30(28(33)27(24)32)16-8-15-29(4)5/h7,9-14,18-19,25,31H,6,8,15-17H2,1-5H3/b26-24+. The highest BCUT2D eigenvalue weighted by Crippen LogP contribution is 2.40. The molecule has 2 aromatic rings. The zero-order valence-electron chi connectivity index (χ0n) is 20.9. The summed E-state index contributed by atoms with van der Waals surface area (Å²) in [6, 6.07) is 14.4. The second-order valence-corrected chi connectivity index (χ2v) is 9.35. The lowest BCUT2D eigenvalue weighted by Gasteiger charge is -2.26. The fourth-order valence-electron chi connectivity index (χ4n) is 4.19. The highest BCUT2D eigenvalue weighted by molar-refractivity contribution is 6.46. The van der Waals surface area contributed by atoms with Crippen LogP contribution in [0.1, 0.15) is 62.3 Å². The maximum atomic E-state index is 13.2. The lowest BCUT2D eigenvalue weighted by Crippen LogP contribution is -2.32. The molecule has 1 N–H and O–H groups in total. The van der Waals surface area contributed by atoms with Crippen molar-refractivity contribution >= 4 is 17.4 Å². The summed E-state index contributed by atoms with van der Waals surface area (Å²) in [6.07, 6.45) is 1.58. The molecule has 0 saturated carbocycles. The molecular weight excluding hydrogens is 428 g/mol. The Hall–Kier alpha value is -3.12. The molecule has 0 aromatic heterocycles. The van der Waals surface area contributed by atoms with Gasteiger partial charge in [0.2, 0.25) is 0 Å². The van der Waals surface area contributed by atoms with Crippen molar-refractivity contribution in [3.05, 3.63) is 70.8 Å². The van der Waals surface area contributed by atoms with E-state index in [1.807, 2.05) is 56.3 Å². The second kappa shape index (κ2) is 11.3. The molecule has 1 amide bonds. The summed E-state index contributed by atoms with van der Waals surface area (Å²) in [5.41, 5.74) is 2.57. The van der Waals surface area contributed by atoms with Crippen LogP contribution in [0.2, 0.25) is 0 Å². The number of aliphatic hydroxyl groups is 1. The molecule has 1 saturated heterocycles. The summed E-state index contributed by atoms with van der Waals surface area (Å²) < 4.78 is 5.70. The molecule has 6 heteroatoms. The summed E-state index contributed by atoms with van der Waals surface area (Å²) in [4.78, 5) is 29.9. The summed E-state index contributed by atoms with van der Waals surface area (Å²) in [7, 11) is 3.95. The maximum absolute atomic E-state index is 13.2. The lowest BCUT2D eigenvalue weighted by atomic mass is 9.93. The Balaban J connectivity index is 2.06. The van der Waals surface area contributed by atoms with E-state index in [9.17, 15) is 14.7 Å². The molecule has 0 spiro atoms. The van der Waals surface area contributed by atoms with Gasteiger partial charge in [0.15, 0.2) is 0 Å². The van der Waals surface area contributed by atoms with Crippen LogP contribution in [0, 0.1) is 0 Å². The van der Waals surface area contributed by atoms with Crippen molar-refractivity contribution in [3.63, 3.8) is 0 Å². The lowest BCUT2D eigenvalue weighted by molar-refractivity contribution is -0.139. The van der Waals surface area contributed by atoms with E-state index in [1.54, 1.807) is 23.1 Å². The average molecular weight is 465 g/mol. The summed E-state index contributed by atoms with van der Waals surface area (Å²) >= 11 is 0. The Bertz CT molecular complexity index is 1040. The number of rotatable bonds is 10. The molecule has 1 atom stereocenters. The van der Waals surface area contributed by atoms with Crippen molar-refractivity contribution in [2.45, 2.75) is 45.6 Å². The number of nitrogens with zero attached hydrogens (tertiary/aromatic N) is 2. The second-order valence-electron chi connectivity index (χ2n) is 9.35. The summed E-state index contributed by atoms with van der Waals surface area (Å²) in [5.74, 6) is -0.416. The Morgan fingerprint density at radius 3 is 2.44 bits per heavy atom. The van der Waals surface area contributed by atoms with Crippen LogP contribution in [0.5, 0.6) is 5.75 Å². The molecule has 2 aromatic carbocycles. The summed E-state index contributed by atoms with van der Waals surface area (Å²) in [5, 5.41) is 11.3. The molecule has 1 unspecified atom stereocenters. The van der Waals surface area contributed by atoms with Crippen molar-refractivity contribution in [2.24, 2.45) is 0 Å². The van der Waals surface area contributed by atoms with Gasteiger partial charge in [-0.15, -0.1) is 0 Å². The number of ether oxygens (including phenoxy) is 1. The monoisotopic (exact) mass is 464 g/mol. The minimum Gasteiger partial charge on any atom is -0.507 e. The van der Waals surface area contributed by atoms with E-state index in [-0.39, 0.29) is 11.3 Å². The third-order valence-corrected chi connectivity index (χ3v) is 6.04. The molecule has 6 nitrogen and oxygen atoms in total. The van der Waals surface area contributed by atoms with Crippen LogP contribution < -0.4 is 4.74 Å². The van der Waals surface area contributed by atoms with Crippen LogP contribution in [0.3, 0.4) is 0 Å². The molecule has 1 aliphatic heterocycles. The number of amides is 1. The van der Waals surface area contributed by atoms with Gasteiger partial charge in [-0.2, -0.15) is 0 Å². The van der Waals surface area contributed by atoms with Gasteiger partial charge in [0, 0.05) is 12.1 Å². The van der Waals surface area contributed by atoms with E-state index in [4.69, 9.17) is 4.74 Å². The fourth-order valence-corrected chi connectivity index (χ4v) is 4.19. The van der Waals surface area contributed by atoms with E-state index in [1.165, 1.54) is 5.56 Å². The quantitative estimate of drug-likeness (QED) is 0.305. The van der Waals surface area contributed by atoms with E-state index >= 15 is 0 Å². The number of likely N-dealkylation sites (tertiary alicyclic amines) is 1. The molecule has 34 heavy (non-hydrogen) atoms. The number of ketones is 1. The van der Waals surface area contributed by atoms with Gasteiger partial charge in [0.25, 0.3) is 11.7 Å². The average Bonchev–Trinajstić information content (AvgIpc) is 3.07. The molecule has 0 bridgehead atoms. The number of benzene rings is 2. The first-order valence-electron chi connectivity index (χ1n) is 12.0. The van der Waals surface area contributed by atoms with Gasteiger partial charge in [-0.25, -0.2) is 0 Å². The number of carbonyl (C=O) groups is 2. The molecule has 1 fully saturated rings. The molecule has 0 aliphatic carbocycles. The van der Waals surface area contributed by atoms with E-state index in [0.29, 0.717) is 30.4 Å². The van der Waals surface area contributed by atoms with Crippen LogP contribution in [0.15, 0.2) is 54.1 Å². The predicted molar refractivity (Wildman–Crippen MR) is 135 cm³/mol. The predicted octanol–water partition coefficient (Wildman–Crippen LogP) is 4.97. The molecule has 182 valence electrons. The molecule has 1 aliphatic rings. The van der Waals surface area contributed by atoms with Crippen molar-refractivity contribution in [3.8, 4) is 5.75 Å². The number of hydrogen-bond donors (Lipinski definition) is 1. The van der Waals surface area contributed by atoms with Crippen LogP contribution in [0.25, 0.3) is 5.76 Å². The fraction of sp³-hybridized carbons (Fsp3) is 0.429. The van der Waals surface area contributed by atoms with E-state index in [2.05, 4.69) is 13.8 Å².